The van der Waals surface area contributed by atoms with Crippen molar-refractivity contribution in [3.05, 3.63) is 106 Å². The van der Waals surface area contributed by atoms with Gasteiger partial charge >= 0.3 is 0 Å². The first kappa shape index (κ1) is 22.7. The Morgan fingerprint density at radius 2 is 1.24 bits per heavy atom. The molecule has 0 unspecified atom stereocenters. The Kier molecular flexibility index (Phi) is 5.13. The van der Waals surface area contributed by atoms with Crippen molar-refractivity contribution >= 4 is 0 Å². The van der Waals surface area contributed by atoms with Crippen molar-refractivity contribution in [2.75, 3.05) is 0 Å². The fourth-order valence-electron chi connectivity index (χ4n) is 5.98. The molecule has 0 heteroatoms. The van der Waals surface area contributed by atoms with Gasteiger partial charge in [0.25, 0.3) is 0 Å². The summed E-state index contributed by atoms with van der Waals surface area (Å²) >= 11 is 0. The molecule has 4 aromatic rings. The molecule has 172 valence electrons. The highest BCUT2D eigenvalue weighted by Crippen LogP contribution is 2.54. The van der Waals surface area contributed by atoms with E-state index in [1.807, 2.05) is 0 Å². The van der Waals surface area contributed by atoms with Gasteiger partial charge in [0.15, 0.2) is 0 Å². The lowest BCUT2D eigenvalue weighted by molar-refractivity contribution is 0.592. The third kappa shape index (κ3) is 3.35. The predicted octanol–water partition coefficient (Wildman–Crippen LogP) is 9.55. The third-order valence-electron chi connectivity index (χ3n) is 7.81. The molecule has 0 heterocycles. The summed E-state index contributed by atoms with van der Waals surface area (Å²) < 4.78 is 0. The molecule has 0 saturated heterocycles. The van der Waals surface area contributed by atoms with E-state index in [1.54, 1.807) is 0 Å². The highest BCUT2D eigenvalue weighted by Gasteiger charge is 2.38. The molecule has 0 aromatic heterocycles. The van der Waals surface area contributed by atoms with Gasteiger partial charge in [-0.15, -0.1) is 0 Å². The van der Waals surface area contributed by atoms with Crippen molar-refractivity contribution in [3.8, 4) is 33.4 Å². The van der Waals surface area contributed by atoms with E-state index >= 15 is 0 Å². The Hall–Kier alpha value is -3.12. The number of hydrogen-bond acceptors (Lipinski definition) is 0. The van der Waals surface area contributed by atoms with Crippen LogP contribution >= 0.6 is 0 Å². The molecule has 0 atom stereocenters. The van der Waals surface area contributed by atoms with Crippen LogP contribution in [0.15, 0.2) is 72.8 Å². The van der Waals surface area contributed by atoms with Gasteiger partial charge in [-0.3, -0.25) is 0 Å². The Labute approximate surface area is 205 Å². The number of benzene rings is 4. The van der Waals surface area contributed by atoms with Crippen molar-refractivity contribution in [1.29, 1.82) is 0 Å². The molecule has 0 spiro atoms. The van der Waals surface area contributed by atoms with E-state index in [4.69, 9.17) is 0 Å². The minimum absolute atomic E-state index is 0.0306. The first-order valence-corrected chi connectivity index (χ1v) is 12.5. The molecule has 0 bridgehead atoms. The monoisotopic (exact) mass is 444 g/mol. The molecule has 1 aliphatic rings. The van der Waals surface area contributed by atoms with Crippen LogP contribution in [-0.4, -0.2) is 0 Å². The van der Waals surface area contributed by atoms with E-state index in [0.717, 1.165) is 0 Å². The van der Waals surface area contributed by atoms with E-state index in [-0.39, 0.29) is 10.8 Å². The zero-order valence-corrected chi connectivity index (χ0v) is 21.9. The van der Waals surface area contributed by atoms with Gasteiger partial charge < -0.3 is 0 Å². The van der Waals surface area contributed by atoms with Crippen LogP contribution in [0.25, 0.3) is 33.4 Å². The van der Waals surface area contributed by atoms with E-state index in [0.29, 0.717) is 0 Å². The zero-order valence-electron chi connectivity index (χ0n) is 21.9. The molecule has 4 aromatic carbocycles. The number of aryl methyl sites for hydroxylation is 2. The molecule has 0 nitrogen and oxygen atoms in total. The Morgan fingerprint density at radius 3 is 1.91 bits per heavy atom. The van der Waals surface area contributed by atoms with Crippen molar-refractivity contribution in [1.82, 2.24) is 0 Å². The van der Waals surface area contributed by atoms with Crippen LogP contribution in [0, 0.1) is 20.8 Å². The Bertz CT molecular complexity index is 1420. The summed E-state index contributed by atoms with van der Waals surface area (Å²) in [7, 11) is 0. The smallest absolute Gasteiger partial charge is 0.0159 e. The second kappa shape index (κ2) is 7.70. The first-order chi connectivity index (χ1) is 16.0. The highest BCUT2D eigenvalue weighted by atomic mass is 14.4. The molecule has 0 amide bonds. The van der Waals surface area contributed by atoms with Crippen molar-refractivity contribution in [2.24, 2.45) is 0 Å². The second-order valence-corrected chi connectivity index (χ2v) is 11.6. The van der Waals surface area contributed by atoms with Crippen LogP contribution in [-0.2, 0) is 10.8 Å². The molecule has 0 N–H and O–H groups in total. The van der Waals surface area contributed by atoms with E-state index < -0.39 is 0 Å². The van der Waals surface area contributed by atoms with Crippen molar-refractivity contribution in [2.45, 2.75) is 66.2 Å². The molecule has 0 saturated carbocycles. The second-order valence-electron chi connectivity index (χ2n) is 11.6. The van der Waals surface area contributed by atoms with Crippen LogP contribution in [0.4, 0.5) is 0 Å². The number of rotatable bonds is 2. The molecule has 0 radical (unpaired) electrons. The molecule has 1 aliphatic carbocycles. The van der Waals surface area contributed by atoms with Gasteiger partial charge in [-0.2, -0.15) is 0 Å². The van der Waals surface area contributed by atoms with E-state index in [2.05, 4.69) is 128 Å². The van der Waals surface area contributed by atoms with Gasteiger partial charge in [-0.05, 0) is 93.5 Å². The standard InChI is InChI=1S/C34H36/c1-21-17-18-26-29(19-21)34(7,8)30-20-27(25-15-11-12-16-28(25)33(4,5)6)31(23(3)32(26)30)24-14-10-9-13-22(24)2/h9-20H,1-8H3. The summed E-state index contributed by atoms with van der Waals surface area (Å²) in [4.78, 5) is 0. The molecular weight excluding hydrogens is 408 g/mol. The van der Waals surface area contributed by atoms with Gasteiger partial charge in [0.1, 0.15) is 0 Å². The zero-order chi connectivity index (χ0) is 24.4. The molecule has 0 aliphatic heterocycles. The van der Waals surface area contributed by atoms with Crippen LogP contribution in [0.1, 0.15) is 68.0 Å². The summed E-state index contributed by atoms with van der Waals surface area (Å²) in [5.74, 6) is 0. The van der Waals surface area contributed by atoms with Crippen LogP contribution in [0.3, 0.4) is 0 Å². The summed E-state index contributed by atoms with van der Waals surface area (Å²) in [6, 6.07) is 27.4. The van der Waals surface area contributed by atoms with E-state index in [9.17, 15) is 0 Å². The summed E-state index contributed by atoms with van der Waals surface area (Å²) in [6.07, 6.45) is 0. The Morgan fingerprint density at radius 1 is 0.588 bits per heavy atom. The summed E-state index contributed by atoms with van der Waals surface area (Å²) in [5, 5.41) is 0. The van der Waals surface area contributed by atoms with Gasteiger partial charge in [-0.1, -0.05) is 107 Å². The van der Waals surface area contributed by atoms with Gasteiger partial charge in [0.2, 0.25) is 0 Å². The van der Waals surface area contributed by atoms with Crippen LogP contribution in [0.5, 0.6) is 0 Å². The third-order valence-corrected chi connectivity index (χ3v) is 7.81. The van der Waals surface area contributed by atoms with Crippen molar-refractivity contribution < 1.29 is 0 Å². The van der Waals surface area contributed by atoms with Gasteiger partial charge in [-0.25, -0.2) is 0 Å². The summed E-state index contributed by atoms with van der Waals surface area (Å²) in [5.41, 5.74) is 16.6. The minimum atomic E-state index is -0.0306. The fourth-order valence-corrected chi connectivity index (χ4v) is 5.98. The quantitative estimate of drug-likeness (QED) is 0.289. The van der Waals surface area contributed by atoms with Gasteiger partial charge in [0.05, 0.1) is 0 Å². The van der Waals surface area contributed by atoms with Crippen molar-refractivity contribution in [3.63, 3.8) is 0 Å². The van der Waals surface area contributed by atoms with E-state index in [1.165, 1.54) is 66.8 Å². The highest BCUT2D eigenvalue weighted by molar-refractivity contribution is 5.97. The van der Waals surface area contributed by atoms with Crippen LogP contribution < -0.4 is 0 Å². The fraction of sp³-hybridized carbons (Fsp3) is 0.294. The maximum Gasteiger partial charge on any atom is 0.0159 e. The normalized spacial score (nSPS) is 14.1. The largest absolute Gasteiger partial charge is 0.0620 e. The average molecular weight is 445 g/mol. The Balaban J connectivity index is 1.95. The predicted molar refractivity (Wildman–Crippen MR) is 148 cm³/mol. The summed E-state index contributed by atoms with van der Waals surface area (Å²) in [6.45, 7) is 18.5. The van der Waals surface area contributed by atoms with Gasteiger partial charge in [0, 0.05) is 5.41 Å². The molecule has 5 rings (SSSR count). The molecule has 34 heavy (non-hydrogen) atoms. The lowest BCUT2D eigenvalue weighted by Crippen LogP contribution is -2.16. The SMILES string of the molecule is Cc1ccc2c(c1)C(C)(C)c1cc(-c3ccccc3C(C)(C)C)c(-c3ccccc3C)c(C)c1-2. The number of fused-ring (bicyclic) bond motifs is 3. The lowest BCUT2D eigenvalue weighted by Gasteiger charge is -2.28. The maximum absolute atomic E-state index is 2.52. The van der Waals surface area contributed by atoms with Crippen LogP contribution in [0.2, 0.25) is 0 Å². The molecular formula is C34H36. The minimum Gasteiger partial charge on any atom is -0.0620 e. The number of hydrogen-bond donors (Lipinski definition) is 0. The topological polar surface area (TPSA) is 0 Å². The lowest BCUT2D eigenvalue weighted by atomic mass is 9.75. The molecule has 0 fully saturated rings. The first-order valence-electron chi connectivity index (χ1n) is 12.5. The maximum atomic E-state index is 2.52. The average Bonchev–Trinajstić information content (AvgIpc) is 3.00.